The van der Waals surface area contributed by atoms with Gasteiger partial charge in [-0.15, -0.1) is 0 Å². The van der Waals surface area contributed by atoms with Crippen molar-refractivity contribution in [1.82, 2.24) is 0 Å². The van der Waals surface area contributed by atoms with E-state index in [1.807, 2.05) is 18.2 Å². The van der Waals surface area contributed by atoms with E-state index in [0.29, 0.717) is 0 Å². The zero-order valence-electron chi connectivity index (χ0n) is 31.2. The molecular formula is C54H42N2. The average molecular weight is 719 g/mol. The Morgan fingerprint density at radius 1 is 0.268 bits per heavy atom. The molecule has 0 fully saturated rings. The topological polar surface area (TPSA) is 6.48 Å². The SMILES string of the molecule is C=C/C=C\C=C\c1ccc(N(c2ccccc2)c2ccc(-c3ccc(-c4ccc(-c5ccc(N(c6ccccc6)c6ccccc6)cc5)cc4)cc3)cc2)cc1. The number of anilines is 6. The van der Waals surface area contributed by atoms with Crippen LogP contribution in [0.25, 0.3) is 39.5 Å². The Hall–Kier alpha value is -7.42. The summed E-state index contributed by atoms with van der Waals surface area (Å²) in [5.74, 6) is 0. The van der Waals surface area contributed by atoms with Gasteiger partial charge in [0.1, 0.15) is 0 Å². The molecule has 8 aromatic rings. The summed E-state index contributed by atoms with van der Waals surface area (Å²) in [5, 5.41) is 0. The summed E-state index contributed by atoms with van der Waals surface area (Å²) >= 11 is 0. The third kappa shape index (κ3) is 8.21. The van der Waals surface area contributed by atoms with Crippen LogP contribution in [0.1, 0.15) is 5.56 Å². The largest absolute Gasteiger partial charge is 0.311 e. The Bertz CT molecular complexity index is 2480. The molecular weight excluding hydrogens is 677 g/mol. The van der Waals surface area contributed by atoms with E-state index in [9.17, 15) is 0 Å². The van der Waals surface area contributed by atoms with Crippen molar-refractivity contribution in [3.05, 3.63) is 249 Å². The third-order valence-corrected chi connectivity index (χ3v) is 9.86. The van der Waals surface area contributed by atoms with Crippen LogP contribution in [0.4, 0.5) is 34.1 Å². The summed E-state index contributed by atoms with van der Waals surface area (Å²) in [6, 6.07) is 75.6. The molecule has 8 aromatic carbocycles. The van der Waals surface area contributed by atoms with E-state index in [2.05, 4.69) is 235 Å². The number of nitrogens with zero attached hydrogens (tertiary/aromatic N) is 2. The van der Waals surface area contributed by atoms with Gasteiger partial charge in [0.25, 0.3) is 0 Å². The smallest absolute Gasteiger partial charge is 0.0462 e. The number of benzene rings is 8. The van der Waals surface area contributed by atoms with Crippen LogP contribution in [0.15, 0.2) is 243 Å². The summed E-state index contributed by atoms with van der Waals surface area (Å²) in [5.41, 5.74) is 15.0. The molecule has 0 aliphatic carbocycles. The number of rotatable bonds is 12. The molecule has 0 aliphatic rings. The van der Waals surface area contributed by atoms with Gasteiger partial charge < -0.3 is 9.80 Å². The van der Waals surface area contributed by atoms with Gasteiger partial charge in [0.05, 0.1) is 0 Å². The lowest BCUT2D eigenvalue weighted by Crippen LogP contribution is -2.09. The monoisotopic (exact) mass is 718 g/mol. The predicted octanol–water partition coefficient (Wildman–Crippen LogP) is 15.4. The molecule has 0 aromatic heterocycles. The molecule has 0 heterocycles. The first-order valence-corrected chi connectivity index (χ1v) is 19.0. The van der Waals surface area contributed by atoms with Gasteiger partial charge in [0.2, 0.25) is 0 Å². The standard InChI is InChI=1S/C54H42N2/c1-2-3-4-8-15-42-22-36-52(37-23-42)56(51-20-13-7-14-21-51)54-40-34-48(35-41-54)46-30-26-44(27-31-46)43-24-28-45(29-25-43)47-32-38-53(39-33-47)55(49-16-9-5-10-17-49)50-18-11-6-12-19-50/h2-41H,1H2/b4-3-,15-8+. The first kappa shape index (κ1) is 35.6. The number of para-hydroxylation sites is 3. The van der Waals surface area contributed by atoms with E-state index in [1.54, 1.807) is 6.08 Å². The fourth-order valence-corrected chi connectivity index (χ4v) is 6.99. The summed E-state index contributed by atoms with van der Waals surface area (Å²) < 4.78 is 0. The maximum Gasteiger partial charge on any atom is 0.0462 e. The maximum atomic E-state index is 3.73. The molecule has 0 saturated carbocycles. The van der Waals surface area contributed by atoms with Crippen LogP contribution in [0.3, 0.4) is 0 Å². The Morgan fingerprint density at radius 3 is 0.839 bits per heavy atom. The lowest BCUT2D eigenvalue weighted by Gasteiger charge is -2.25. The molecule has 0 amide bonds. The number of hydrogen-bond acceptors (Lipinski definition) is 2. The molecule has 0 atom stereocenters. The Balaban J connectivity index is 0.971. The van der Waals surface area contributed by atoms with Crippen LogP contribution in [0.5, 0.6) is 0 Å². The molecule has 0 unspecified atom stereocenters. The summed E-state index contributed by atoms with van der Waals surface area (Å²) in [4.78, 5) is 4.58. The molecule has 56 heavy (non-hydrogen) atoms. The van der Waals surface area contributed by atoms with Crippen molar-refractivity contribution in [1.29, 1.82) is 0 Å². The Labute approximate surface area is 330 Å². The molecule has 0 aliphatic heterocycles. The van der Waals surface area contributed by atoms with Crippen molar-refractivity contribution in [3.63, 3.8) is 0 Å². The van der Waals surface area contributed by atoms with Gasteiger partial charge in [-0.25, -0.2) is 0 Å². The summed E-state index contributed by atoms with van der Waals surface area (Å²) in [7, 11) is 0. The summed E-state index contributed by atoms with van der Waals surface area (Å²) in [6.07, 6.45) is 9.81. The molecule has 2 nitrogen and oxygen atoms in total. The quantitative estimate of drug-likeness (QED) is 0.116. The Morgan fingerprint density at radius 2 is 0.536 bits per heavy atom. The zero-order chi connectivity index (χ0) is 37.9. The molecule has 0 N–H and O–H groups in total. The second kappa shape index (κ2) is 17.2. The summed E-state index contributed by atoms with van der Waals surface area (Å²) in [6.45, 7) is 3.73. The minimum atomic E-state index is 1.10. The number of allylic oxidation sites excluding steroid dienone is 4. The van der Waals surface area contributed by atoms with Crippen molar-refractivity contribution in [2.75, 3.05) is 9.80 Å². The van der Waals surface area contributed by atoms with Gasteiger partial charge in [0.15, 0.2) is 0 Å². The lowest BCUT2D eigenvalue weighted by atomic mass is 9.98. The van der Waals surface area contributed by atoms with Crippen molar-refractivity contribution < 1.29 is 0 Å². The average Bonchev–Trinajstić information content (AvgIpc) is 3.28. The van der Waals surface area contributed by atoms with E-state index in [1.165, 1.54) is 33.4 Å². The molecule has 0 spiro atoms. The zero-order valence-corrected chi connectivity index (χ0v) is 31.2. The minimum Gasteiger partial charge on any atom is -0.311 e. The van der Waals surface area contributed by atoms with Gasteiger partial charge in [-0.3, -0.25) is 0 Å². The molecule has 268 valence electrons. The van der Waals surface area contributed by atoms with E-state index in [-0.39, 0.29) is 0 Å². The highest BCUT2D eigenvalue weighted by Gasteiger charge is 2.14. The molecule has 8 rings (SSSR count). The van der Waals surface area contributed by atoms with Crippen molar-refractivity contribution in [2.45, 2.75) is 0 Å². The third-order valence-electron chi connectivity index (χ3n) is 9.86. The first-order valence-electron chi connectivity index (χ1n) is 19.0. The lowest BCUT2D eigenvalue weighted by molar-refractivity contribution is 1.28. The van der Waals surface area contributed by atoms with E-state index < -0.39 is 0 Å². The van der Waals surface area contributed by atoms with Crippen molar-refractivity contribution in [2.24, 2.45) is 0 Å². The van der Waals surface area contributed by atoms with E-state index >= 15 is 0 Å². The van der Waals surface area contributed by atoms with Gasteiger partial charge in [-0.1, -0.05) is 176 Å². The van der Waals surface area contributed by atoms with Crippen LogP contribution >= 0.6 is 0 Å². The van der Waals surface area contributed by atoms with E-state index in [0.717, 1.165) is 39.7 Å². The van der Waals surface area contributed by atoms with Gasteiger partial charge in [-0.2, -0.15) is 0 Å². The Kier molecular flexibility index (Phi) is 10.9. The maximum absolute atomic E-state index is 3.73. The van der Waals surface area contributed by atoms with E-state index in [4.69, 9.17) is 0 Å². The fraction of sp³-hybridized carbons (Fsp3) is 0. The molecule has 0 radical (unpaired) electrons. The minimum absolute atomic E-state index is 1.10. The fourth-order valence-electron chi connectivity index (χ4n) is 6.99. The second-order valence-electron chi connectivity index (χ2n) is 13.5. The number of hydrogen-bond donors (Lipinski definition) is 0. The van der Waals surface area contributed by atoms with Crippen LogP contribution < -0.4 is 9.80 Å². The van der Waals surface area contributed by atoms with Crippen molar-refractivity contribution >= 4 is 40.2 Å². The molecule has 0 bridgehead atoms. The highest BCUT2D eigenvalue weighted by Crippen LogP contribution is 2.37. The van der Waals surface area contributed by atoms with Crippen molar-refractivity contribution in [3.8, 4) is 33.4 Å². The molecule has 0 saturated heterocycles. The van der Waals surface area contributed by atoms with Crippen LogP contribution in [0.2, 0.25) is 0 Å². The first-order chi connectivity index (χ1) is 27.7. The second-order valence-corrected chi connectivity index (χ2v) is 13.5. The van der Waals surface area contributed by atoms with Gasteiger partial charge >= 0.3 is 0 Å². The van der Waals surface area contributed by atoms with Crippen LogP contribution in [0, 0.1) is 0 Å². The van der Waals surface area contributed by atoms with Crippen LogP contribution in [-0.2, 0) is 0 Å². The molecule has 2 heteroatoms. The van der Waals surface area contributed by atoms with Gasteiger partial charge in [-0.05, 0) is 112 Å². The predicted molar refractivity (Wildman–Crippen MR) is 240 cm³/mol. The highest BCUT2D eigenvalue weighted by molar-refractivity contribution is 5.81. The van der Waals surface area contributed by atoms with Crippen LogP contribution in [-0.4, -0.2) is 0 Å². The normalized spacial score (nSPS) is 11.1. The van der Waals surface area contributed by atoms with Gasteiger partial charge in [0, 0.05) is 34.1 Å². The highest BCUT2D eigenvalue weighted by atomic mass is 15.1.